The lowest BCUT2D eigenvalue weighted by Crippen LogP contribution is -2.28. The maximum atomic E-state index is 12.0. The van der Waals surface area contributed by atoms with E-state index in [2.05, 4.69) is 22.1 Å². The number of carbonyl (C=O) groups is 1. The molecule has 122 valence electrons. The van der Waals surface area contributed by atoms with Crippen molar-refractivity contribution >= 4 is 18.1 Å². The Balaban J connectivity index is 1.82. The van der Waals surface area contributed by atoms with E-state index < -0.39 is 0 Å². The van der Waals surface area contributed by atoms with Gasteiger partial charge in [0.1, 0.15) is 11.6 Å². The second-order valence-corrected chi connectivity index (χ2v) is 5.36. The summed E-state index contributed by atoms with van der Waals surface area (Å²) in [5, 5.41) is 9.81. The zero-order valence-electron chi connectivity index (χ0n) is 13.0. The summed E-state index contributed by atoms with van der Waals surface area (Å²) in [4.78, 5) is 12.0. The first kappa shape index (κ1) is 17.0. The van der Waals surface area contributed by atoms with Crippen molar-refractivity contribution in [1.29, 1.82) is 0 Å². The summed E-state index contributed by atoms with van der Waals surface area (Å²) >= 11 is 5.15. The molecule has 0 aliphatic carbocycles. The number of rotatable bonds is 8. The summed E-state index contributed by atoms with van der Waals surface area (Å²) in [6, 6.07) is 7.45. The average Bonchev–Trinajstić information content (AvgIpc) is 2.89. The first-order chi connectivity index (χ1) is 11.1. The van der Waals surface area contributed by atoms with Crippen LogP contribution in [0.3, 0.4) is 0 Å². The van der Waals surface area contributed by atoms with Gasteiger partial charge >= 0.3 is 0 Å². The summed E-state index contributed by atoms with van der Waals surface area (Å²) in [6.07, 6.45) is 2.70. The molecule has 2 aromatic rings. The van der Waals surface area contributed by atoms with Crippen molar-refractivity contribution in [2.75, 3.05) is 13.7 Å². The van der Waals surface area contributed by atoms with E-state index >= 15 is 0 Å². The summed E-state index contributed by atoms with van der Waals surface area (Å²) in [5.74, 6) is 1.55. The van der Waals surface area contributed by atoms with Crippen LogP contribution in [0.15, 0.2) is 36.9 Å². The van der Waals surface area contributed by atoms with Crippen molar-refractivity contribution in [2.24, 2.45) is 0 Å². The Bertz CT molecular complexity index is 718. The quantitative estimate of drug-likeness (QED) is 0.573. The first-order valence-electron chi connectivity index (χ1n) is 7.28. The Morgan fingerprint density at radius 2 is 2.22 bits per heavy atom. The van der Waals surface area contributed by atoms with Crippen molar-refractivity contribution in [2.45, 2.75) is 19.4 Å². The molecule has 2 N–H and O–H groups in total. The number of nitrogens with zero attached hydrogens (tertiary/aromatic N) is 2. The van der Waals surface area contributed by atoms with Crippen LogP contribution in [0.2, 0.25) is 0 Å². The SMILES string of the molecule is C=CCn1c(CCNC(=O)Cc2ccc(OC)cc2)n[nH]c1=S. The zero-order valence-corrected chi connectivity index (χ0v) is 13.9. The van der Waals surface area contributed by atoms with Crippen molar-refractivity contribution in [1.82, 2.24) is 20.1 Å². The van der Waals surface area contributed by atoms with Crippen molar-refractivity contribution < 1.29 is 9.53 Å². The smallest absolute Gasteiger partial charge is 0.224 e. The highest BCUT2D eigenvalue weighted by molar-refractivity contribution is 7.71. The van der Waals surface area contributed by atoms with Gasteiger partial charge < -0.3 is 14.6 Å². The van der Waals surface area contributed by atoms with E-state index in [1.54, 1.807) is 13.2 Å². The van der Waals surface area contributed by atoms with Crippen LogP contribution < -0.4 is 10.1 Å². The fourth-order valence-corrected chi connectivity index (χ4v) is 2.39. The van der Waals surface area contributed by atoms with Gasteiger partial charge in [-0.25, -0.2) is 0 Å². The molecule has 0 radical (unpaired) electrons. The lowest BCUT2D eigenvalue weighted by Gasteiger charge is -2.07. The number of nitrogens with one attached hydrogen (secondary N) is 2. The number of hydrogen-bond acceptors (Lipinski definition) is 4. The maximum absolute atomic E-state index is 12.0. The van der Waals surface area contributed by atoms with Gasteiger partial charge in [-0.15, -0.1) is 6.58 Å². The highest BCUT2D eigenvalue weighted by Gasteiger charge is 2.07. The van der Waals surface area contributed by atoms with Gasteiger partial charge in [-0.3, -0.25) is 9.89 Å². The molecule has 0 spiro atoms. The predicted octanol–water partition coefficient (Wildman–Crippen LogP) is 2.04. The minimum atomic E-state index is -0.0282. The highest BCUT2D eigenvalue weighted by atomic mass is 32.1. The molecule has 1 aromatic carbocycles. The lowest BCUT2D eigenvalue weighted by molar-refractivity contribution is -0.120. The molecule has 0 aliphatic heterocycles. The van der Waals surface area contributed by atoms with E-state index in [1.807, 2.05) is 28.8 Å². The number of aromatic amines is 1. The molecule has 0 aliphatic rings. The van der Waals surface area contributed by atoms with Crippen LogP contribution in [0.1, 0.15) is 11.4 Å². The molecular formula is C16H20N4O2S. The molecular weight excluding hydrogens is 312 g/mol. The molecule has 0 saturated carbocycles. The topological polar surface area (TPSA) is 71.9 Å². The van der Waals surface area contributed by atoms with E-state index in [1.165, 1.54) is 0 Å². The standard InChI is InChI=1S/C16H20N4O2S/c1-3-10-20-14(18-19-16(20)23)8-9-17-15(21)11-12-4-6-13(22-2)7-5-12/h3-7H,1,8-11H2,2H3,(H,17,21)(H,19,23). The number of amides is 1. The van der Waals surface area contributed by atoms with Gasteiger partial charge in [0.25, 0.3) is 0 Å². The van der Waals surface area contributed by atoms with Crippen LogP contribution in [-0.4, -0.2) is 34.3 Å². The number of allylic oxidation sites excluding steroid dienone is 1. The molecule has 1 heterocycles. The Morgan fingerprint density at radius 3 is 2.87 bits per heavy atom. The Hall–Kier alpha value is -2.41. The van der Waals surface area contributed by atoms with E-state index in [0.29, 0.717) is 30.7 Å². The Kier molecular flexibility index (Phi) is 6.10. The largest absolute Gasteiger partial charge is 0.497 e. The minimum Gasteiger partial charge on any atom is -0.497 e. The van der Waals surface area contributed by atoms with Gasteiger partial charge in [-0.2, -0.15) is 5.10 Å². The molecule has 6 nitrogen and oxygen atoms in total. The minimum absolute atomic E-state index is 0.0282. The van der Waals surface area contributed by atoms with Crippen LogP contribution in [-0.2, 0) is 24.2 Å². The number of benzene rings is 1. The van der Waals surface area contributed by atoms with E-state index in [0.717, 1.165) is 17.1 Å². The van der Waals surface area contributed by atoms with E-state index in [9.17, 15) is 4.79 Å². The number of hydrogen-bond donors (Lipinski definition) is 2. The summed E-state index contributed by atoms with van der Waals surface area (Å²) in [7, 11) is 1.61. The van der Waals surface area contributed by atoms with Crippen LogP contribution in [0.5, 0.6) is 5.75 Å². The zero-order chi connectivity index (χ0) is 16.7. The molecule has 2 rings (SSSR count). The van der Waals surface area contributed by atoms with Crippen molar-refractivity contribution in [3.63, 3.8) is 0 Å². The molecule has 1 aromatic heterocycles. The van der Waals surface area contributed by atoms with Gasteiger partial charge in [0.05, 0.1) is 13.5 Å². The molecule has 0 saturated heterocycles. The summed E-state index contributed by atoms with van der Waals surface area (Å²) < 4.78 is 7.51. The van der Waals surface area contributed by atoms with Gasteiger partial charge in [0.15, 0.2) is 4.77 Å². The lowest BCUT2D eigenvalue weighted by atomic mass is 10.1. The number of methoxy groups -OCH3 is 1. The average molecular weight is 332 g/mol. The third kappa shape index (κ3) is 4.79. The van der Waals surface area contributed by atoms with Gasteiger partial charge in [-0.05, 0) is 29.9 Å². The van der Waals surface area contributed by atoms with Crippen molar-refractivity contribution in [3.8, 4) is 5.75 Å². The monoisotopic (exact) mass is 332 g/mol. The number of ether oxygens (including phenoxy) is 1. The summed E-state index contributed by atoms with van der Waals surface area (Å²) in [5.41, 5.74) is 0.942. The van der Waals surface area contributed by atoms with Crippen molar-refractivity contribution in [3.05, 3.63) is 53.1 Å². The third-order valence-corrected chi connectivity index (χ3v) is 3.66. The Morgan fingerprint density at radius 1 is 1.48 bits per heavy atom. The molecule has 0 fully saturated rings. The Labute approximate surface area is 140 Å². The molecule has 0 bridgehead atoms. The highest BCUT2D eigenvalue weighted by Crippen LogP contribution is 2.11. The molecule has 1 amide bonds. The molecule has 7 heteroatoms. The first-order valence-corrected chi connectivity index (χ1v) is 7.69. The van der Waals surface area contributed by atoms with Gasteiger partial charge in [0.2, 0.25) is 5.91 Å². The fourth-order valence-electron chi connectivity index (χ4n) is 2.16. The maximum Gasteiger partial charge on any atom is 0.224 e. The molecule has 0 unspecified atom stereocenters. The van der Waals surface area contributed by atoms with Gasteiger partial charge in [0, 0.05) is 19.5 Å². The normalized spacial score (nSPS) is 10.3. The van der Waals surface area contributed by atoms with Crippen LogP contribution >= 0.6 is 12.2 Å². The van der Waals surface area contributed by atoms with Gasteiger partial charge in [-0.1, -0.05) is 18.2 Å². The second-order valence-electron chi connectivity index (χ2n) is 4.97. The number of carbonyl (C=O) groups excluding carboxylic acids is 1. The number of aromatic nitrogens is 3. The molecule has 23 heavy (non-hydrogen) atoms. The summed E-state index contributed by atoms with van der Waals surface area (Å²) in [6.45, 7) is 4.81. The number of H-pyrrole nitrogens is 1. The van der Waals surface area contributed by atoms with E-state index in [4.69, 9.17) is 17.0 Å². The second kappa shape index (κ2) is 8.28. The van der Waals surface area contributed by atoms with Crippen LogP contribution in [0, 0.1) is 4.77 Å². The van der Waals surface area contributed by atoms with Crippen LogP contribution in [0.4, 0.5) is 0 Å². The fraction of sp³-hybridized carbons (Fsp3) is 0.312. The molecule has 0 atom stereocenters. The van der Waals surface area contributed by atoms with Crippen LogP contribution in [0.25, 0.3) is 0 Å². The van der Waals surface area contributed by atoms with E-state index in [-0.39, 0.29) is 5.91 Å². The third-order valence-electron chi connectivity index (χ3n) is 3.34. The predicted molar refractivity (Wildman–Crippen MR) is 91.0 cm³/mol.